The molecule has 1 saturated heterocycles. The highest BCUT2D eigenvalue weighted by molar-refractivity contribution is 9.10. The van der Waals surface area contributed by atoms with Crippen molar-refractivity contribution in [2.24, 2.45) is 0 Å². The van der Waals surface area contributed by atoms with Crippen molar-refractivity contribution in [3.63, 3.8) is 0 Å². The first-order valence-corrected chi connectivity index (χ1v) is 10.3. The lowest BCUT2D eigenvalue weighted by molar-refractivity contribution is 0.236. The fourth-order valence-electron chi connectivity index (χ4n) is 4.01. The lowest BCUT2D eigenvalue weighted by atomic mass is 9.94. The molecule has 1 unspecified atom stereocenters. The normalized spacial score (nSPS) is 16.8. The van der Waals surface area contributed by atoms with Gasteiger partial charge in [-0.05, 0) is 53.6 Å². The van der Waals surface area contributed by atoms with Crippen LogP contribution in [0.25, 0.3) is 10.8 Å². The van der Waals surface area contributed by atoms with Gasteiger partial charge in [0, 0.05) is 29.7 Å². The monoisotopic (exact) mass is 424 g/mol. The van der Waals surface area contributed by atoms with Gasteiger partial charge < -0.3 is 10.1 Å². The molecule has 0 spiro atoms. The van der Waals surface area contributed by atoms with E-state index >= 15 is 0 Å². The third-order valence-corrected chi connectivity index (χ3v) is 5.81. The summed E-state index contributed by atoms with van der Waals surface area (Å²) in [4.78, 5) is 2.58. The smallest absolute Gasteiger partial charge is 0.124 e. The maximum atomic E-state index is 5.75. The van der Waals surface area contributed by atoms with Gasteiger partial charge in [0.05, 0.1) is 13.2 Å². The summed E-state index contributed by atoms with van der Waals surface area (Å²) in [6.45, 7) is 4.18. The molecular formula is C23H25BrN2O. The second-order valence-electron chi connectivity index (χ2n) is 7.03. The van der Waals surface area contributed by atoms with E-state index in [1.54, 1.807) is 7.11 Å². The Hall–Kier alpha value is -1.88. The zero-order valence-electron chi connectivity index (χ0n) is 15.6. The van der Waals surface area contributed by atoms with Crippen LogP contribution in [0.2, 0.25) is 0 Å². The van der Waals surface area contributed by atoms with Crippen molar-refractivity contribution in [1.29, 1.82) is 0 Å². The van der Waals surface area contributed by atoms with E-state index in [0.717, 1.165) is 42.8 Å². The van der Waals surface area contributed by atoms with Crippen molar-refractivity contribution in [2.45, 2.75) is 12.5 Å². The fraction of sp³-hybridized carbons (Fsp3) is 0.304. The van der Waals surface area contributed by atoms with Crippen molar-refractivity contribution in [2.75, 3.05) is 33.3 Å². The topological polar surface area (TPSA) is 24.5 Å². The molecule has 4 rings (SSSR count). The molecule has 3 aromatic rings. The van der Waals surface area contributed by atoms with Crippen LogP contribution in [0.1, 0.15) is 23.6 Å². The van der Waals surface area contributed by atoms with E-state index in [1.165, 1.54) is 21.9 Å². The van der Waals surface area contributed by atoms with Gasteiger partial charge in [-0.3, -0.25) is 4.90 Å². The molecule has 3 aromatic carbocycles. The minimum absolute atomic E-state index is 0.168. The number of rotatable bonds is 4. The number of halogens is 1. The number of nitrogens with one attached hydrogen (secondary N) is 1. The van der Waals surface area contributed by atoms with Gasteiger partial charge in [0.25, 0.3) is 0 Å². The molecule has 0 aromatic heterocycles. The molecule has 0 saturated carbocycles. The van der Waals surface area contributed by atoms with Crippen molar-refractivity contribution in [3.8, 4) is 5.75 Å². The minimum Gasteiger partial charge on any atom is -0.496 e. The fourth-order valence-corrected chi connectivity index (χ4v) is 4.39. The van der Waals surface area contributed by atoms with E-state index in [2.05, 4.69) is 80.7 Å². The number of nitrogens with zero attached hydrogens (tertiary/aromatic N) is 1. The first-order valence-electron chi connectivity index (χ1n) is 9.53. The van der Waals surface area contributed by atoms with Crippen molar-refractivity contribution >= 4 is 26.7 Å². The molecule has 4 heteroatoms. The van der Waals surface area contributed by atoms with E-state index in [-0.39, 0.29) is 6.04 Å². The van der Waals surface area contributed by atoms with Gasteiger partial charge in [0.1, 0.15) is 5.75 Å². The zero-order chi connectivity index (χ0) is 18.6. The Morgan fingerprint density at radius 1 is 0.963 bits per heavy atom. The van der Waals surface area contributed by atoms with E-state index in [1.807, 2.05) is 6.07 Å². The molecule has 3 nitrogen and oxygen atoms in total. The Labute approximate surface area is 169 Å². The van der Waals surface area contributed by atoms with Crippen molar-refractivity contribution in [1.82, 2.24) is 10.2 Å². The van der Waals surface area contributed by atoms with Gasteiger partial charge in [-0.25, -0.2) is 0 Å². The maximum absolute atomic E-state index is 5.75. The highest BCUT2D eigenvalue weighted by atomic mass is 79.9. The SMILES string of the molecule is COc1ccc(Br)cc1C(c1ccc2ccccc2c1)N1CCCNCC1. The molecule has 1 aliphatic heterocycles. The molecule has 140 valence electrons. The number of benzene rings is 3. The zero-order valence-corrected chi connectivity index (χ0v) is 17.2. The molecule has 1 heterocycles. The van der Waals surface area contributed by atoms with E-state index < -0.39 is 0 Å². The Morgan fingerprint density at radius 2 is 1.81 bits per heavy atom. The third kappa shape index (κ3) is 4.03. The summed E-state index contributed by atoms with van der Waals surface area (Å²) in [5.74, 6) is 0.938. The minimum atomic E-state index is 0.168. The van der Waals surface area contributed by atoms with Crippen LogP contribution in [0.5, 0.6) is 5.75 Å². The first-order chi connectivity index (χ1) is 13.3. The highest BCUT2D eigenvalue weighted by Crippen LogP contribution is 2.37. The van der Waals surface area contributed by atoms with Crippen LogP contribution >= 0.6 is 15.9 Å². The number of hydrogen-bond acceptors (Lipinski definition) is 3. The molecule has 0 amide bonds. The van der Waals surface area contributed by atoms with Crippen LogP contribution in [0.15, 0.2) is 65.1 Å². The Bertz CT molecular complexity index is 919. The highest BCUT2D eigenvalue weighted by Gasteiger charge is 2.26. The molecule has 1 atom stereocenters. The number of hydrogen-bond donors (Lipinski definition) is 1. The van der Waals surface area contributed by atoms with Crippen LogP contribution in [0, 0.1) is 0 Å². The Balaban J connectivity index is 1.85. The second-order valence-corrected chi connectivity index (χ2v) is 7.95. The molecule has 0 radical (unpaired) electrons. The van der Waals surface area contributed by atoms with Gasteiger partial charge in [0.2, 0.25) is 0 Å². The lowest BCUT2D eigenvalue weighted by Gasteiger charge is -2.32. The van der Waals surface area contributed by atoms with Crippen LogP contribution < -0.4 is 10.1 Å². The van der Waals surface area contributed by atoms with Crippen molar-refractivity contribution < 1.29 is 4.74 Å². The van der Waals surface area contributed by atoms with Gasteiger partial charge in [-0.15, -0.1) is 0 Å². The standard InChI is InChI=1S/C23H25BrN2O/c1-27-22-10-9-20(24)16-21(22)23(26-13-4-11-25-12-14-26)19-8-7-17-5-2-3-6-18(17)15-19/h2-3,5-10,15-16,23,25H,4,11-14H2,1H3. The van der Waals surface area contributed by atoms with Crippen LogP contribution in [-0.2, 0) is 0 Å². The van der Waals surface area contributed by atoms with Crippen LogP contribution in [0.4, 0.5) is 0 Å². The largest absolute Gasteiger partial charge is 0.496 e. The van der Waals surface area contributed by atoms with Gasteiger partial charge in [-0.2, -0.15) is 0 Å². The molecule has 0 aliphatic carbocycles. The van der Waals surface area contributed by atoms with Crippen molar-refractivity contribution in [3.05, 3.63) is 76.3 Å². The average Bonchev–Trinajstić information content (AvgIpc) is 2.98. The Kier molecular flexibility index (Phi) is 5.77. The molecular weight excluding hydrogens is 400 g/mol. The van der Waals surface area contributed by atoms with E-state index in [4.69, 9.17) is 4.74 Å². The second kappa shape index (κ2) is 8.42. The predicted molar refractivity (Wildman–Crippen MR) is 116 cm³/mol. The lowest BCUT2D eigenvalue weighted by Crippen LogP contribution is -2.33. The summed E-state index contributed by atoms with van der Waals surface area (Å²) in [7, 11) is 1.76. The van der Waals surface area contributed by atoms with Crippen LogP contribution in [-0.4, -0.2) is 38.2 Å². The summed E-state index contributed by atoms with van der Waals surface area (Å²) in [6.07, 6.45) is 1.15. The van der Waals surface area contributed by atoms with Crippen LogP contribution in [0.3, 0.4) is 0 Å². The summed E-state index contributed by atoms with van der Waals surface area (Å²) in [6, 6.07) is 21.9. The van der Waals surface area contributed by atoms with E-state index in [9.17, 15) is 0 Å². The Morgan fingerprint density at radius 3 is 2.67 bits per heavy atom. The average molecular weight is 425 g/mol. The van der Waals surface area contributed by atoms with Gasteiger partial charge in [0.15, 0.2) is 0 Å². The summed E-state index contributed by atoms with van der Waals surface area (Å²) >= 11 is 3.66. The maximum Gasteiger partial charge on any atom is 0.124 e. The molecule has 1 aliphatic rings. The first kappa shape index (κ1) is 18.5. The van der Waals surface area contributed by atoms with E-state index in [0.29, 0.717) is 0 Å². The predicted octanol–water partition coefficient (Wildman–Crippen LogP) is 5.00. The third-order valence-electron chi connectivity index (χ3n) is 5.32. The number of ether oxygens (including phenoxy) is 1. The summed E-state index contributed by atoms with van der Waals surface area (Å²) in [5, 5.41) is 6.08. The summed E-state index contributed by atoms with van der Waals surface area (Å²) < 4.78 is 6.83. The quantitative estimate of drug-likeness (QED) is 0.637. The molecule has 1 N–H and O–H groups in total. The van der Waals surface area contributed by atoms with Gasteiger partial charge in [-0.1, -0.05) is 52.3 Å². The number of fused-ring (bicyclic) bond motifs is 1. The molecule has 0 bridgehead atoms. The summed E-state index contributed by atoms with van der Waals surface area (Å²) in [5.41, 5.74) is 2.52. The molecule has 27 heavy (non-hydrogen) atoms. The number of methoxy groups -OCH3 is 1. The van der Waals surface area contributed by atoms with Gasteiger partial charge >= 0.3 is 0 Å². The molecule has 1 fully saturated rings.